The van der Waals surface area contributed by atoms with Crippen molar-refractivity contribution in [3.05, 3.63) is 71.4 Å². The van der Waals surface area contributed by atoms with Crippen LogP contribution in [0.1, 0.15) is 5.56 Å². The summed E-state index contributed by atoms with van der Waals surface area (Å²) in [6, 6.07) is 16.1. The zero-order chi connectivity index (χ0) is 16.3. The number of nitrogens with zero attached hydrogens (tertiary/aromatic N) is 1. The minimum absolute atomic E-state index is 0.196. The molecule has 1 heterocycles. The zero-order valence-corrected chi connectivity index (χ0v) is 13.8. The summed E-state index contributed by atoms with van der Waals surface area (Å²) in [7, 11) is -3.61. The highest BCUT2D eigenvalue weighted by Crippen LogP contribution is 2.20. The Balaban J connectivity index is 1.78. The second-order valence-electron chi connectivity index (χ2n) is 5.11. The highest BCUT2D eigenvalue weighted by molar-refractivity contribution is 7.89. The van der Waals surface area contributed by atoms with Gasteiger partial charge in [-0.05, 0) is 36.2 Å². The predicted octanol–water partition coefficient (Wildman–Crippen LogP) is 3.41. The molecule has 0 amide bonds. The Bertz CT molecular complexity index is 937. The van der Waals surface area contributed by atoms with E-state index in [1.165, 1.54) is 0 Å². The smallest absolute Gasteiger partial charge is 0.242 e. The summed E-state index contributed by atoms with van der Waals surface area (Å²) in [5, 5.41) is 1.44. The number of fused-ring (bicyclic) bond motifs is 1. The summed E-state index contributed by atoms with van der Waals surface area (Å²) in [6.45, 7) is 0.298. The van der Waals surface area contributed by atoms with E-state index in [0.29, 0.717) is 23.5 Å². The minimum Gasteiger partial charge on any atom is -0.255 e. The van der Waals surface area contributed by atoms with Crippen LogP contribution in [0.4, 0.5) is 0 Å². The molecule has 0 aliphatic heterocycles. The molecule has 23 heavy (non-hydrogen) atoms. The van der Waals surface area contributed by atoms with Gasteiger partial charge in [0.15, 0.2) is 0 Å². The zero-order valence-electron chi connectivity index (χ0n) is 12.2. The van der Waals surface area contributed by atoms with Gasteiger partial charge < -0.3 is 0 Å². The lowest BCUT2D eigenvalue weighted by molar-refractivity contribution is 0.582. The van der Waals surface area contributed by atoms with Gasteiger partial charge in [-0.25, -0.2) is 13.1 Å². The van der Waals surface area contributed by atoms with Crippen LogP contribution < -0.4 is 4.72 Å². The molecule has 0 spiro atoms. The third-order valence-electron chi connectivity index (χ3n) is 3.48. The Hall–Kier alpha value is -1.95. The van der Waals surface area contributed by atoms with E-state index in [1.54, 1.807) is 30.5 Å². The number of nitrogens with one attached hydrogen (secondary N) is 1. The Morgan fingerprint density at radius 2 is 1.83 bits per heavy atom. The SMILES string of the molecule is O=S(=O)(NCCc1cccc(Cl)c1)c1cccc2cccnc12. The molecular weight excluding hydrogens is 332 g/mol. The van der Waals surface area contributed by atoms with Crippen molar-refractivity contribution in [2.75, 3.05) is 6.54 Å². The number of aromatic nitrogens is 1. The predicted molar refractivity (Wildman–Crippen MR) is 92.1 cm³/mol. The van der Waals surface area contributed by atoms with Crippen LogP contribution in [0.15, 0.2) is 65.7 Å². The third kappa shape index (κ3) is 3.69. The first-order valence-corrected chi connectivity index (χ1v) is 9.00. The molecule has 0 unspecified atom stereocenters. The molecule has 0 saturated carbocycles. The van der Waals surface area contributed by atoms with Crippen LogP contribution in [0, 0.1) is 0 Å². The molecule has 2 aromatic carbocycles. The van der Waals surface area contributed by atoms with E-state index < -0.39 is 10.0 Å². The van der Waals surface area contributed by atoms with E-state index in [-0.39, 0.29) is 4.90 Å². The minimum atomic E-state index is -3.61. The molecule has 0 aliphatic rings. The number of hydrogen-bond acceptors (Lipinski definition) is 3. The average Bonchev–Trinajstić information content (AvgIpc) is 2.54. The van der Waals surface area contributed by atoms with Crippen LogP contribution in [0.5, 0.6) is 0 Å². The third-order valence-corrected chi connectivity index (χ3v) is 5.21. The van der Waals surface area contributed by atoms with Crippen molar-refractivity contribution < 1.29 is 8.42 Å². The maximum atomic E-state index is 12.5. The number of rotatable bonds is 5. The fourth-order valence-corrected chi connectivity index (χ4v) is 3.82. The normalized spacial score (nSPS) is 11.7. The van der Waals surface area contributed by atoms with E-state index in [9.17, 15) is 8.42 Å². The monoisotopic (exact) mass is 346 g/mol. The van der Waals surface area contributed by atoms with E-state index in [4.69, 9.17) is 11.6 Å². The van der Waals surface area contributed by atoms with Gasteiger partial charge in [0.2, 0.25) is 10.0 Å². The highest BCUT2D eigenvalue weighted by Gasteiger charge is 2.17. The molecular formula is C17H15ClN2O2S. The van der Waals surface area contributed by atoms with Crippen LogP contribution in [0.3, 0.4) is 0 Å². The average molecular weight is 347 g/mol. The van der Waals surface area contributed by atoms with Gasteiger partial charge in [0, 0.05) is 23.2 Å². The van der Waals surface area contributed by atoms with Crippen LogP contribution in [0.2, 0.25) is 5.02 Å². The first-order valence-electron chi connectivity index (χ1n) is 7.14. The maximum Gasteiger partial charge on any atom is 0.242 e. The number of hydrogen-bond donors (Lipinski definition) is 1. The van der Waals surface area contributed by atoms with Gasteiger partial charge in [0.25, 0.3) is 0 Å². The van der Waals surface area contributed by atoms with Crippen molar-refractivity contribution in [3.8, 4) is 0 Å². The van der Waals surface area contributed by atoms with Crippen molar-refractivity contribution in [1.82, 2.24) is 9.71 Å². The lowest BCUT2D eigenvalue weighted by Gasteiger charge is -2.09. The fourth-order valence-electron chi connectivity index (χ4n) is 2.39. The largest absolute Gasteiger partial charge is 0.255 e. The Labute approximate surface area is 140 Å². The van der Waals surface area contributed by atoms with Gasteiger partial charge in [-0.3, -0.25) is 4.98 Å². The van der Waals surface area contributed by atoms with Crippen molar-refractivity contribution in [3.63, 3.8) is 0 Å². The van der Waals surface area contributed by atoms with E-state index in [1.807, 2.05) is 30.3 Å². The van der Waals surface area contributed by atoms with Gasteiger partial charge in [-0.15, -0.1) is 0 Å². The lowest BCUT2D eigenvalue weighted by Crippen LogP contribution is -2.26. The molecule has 0 radical (unpaired) electrons. The van der Waals surface area contributed by atoms with Crippen LogP contribution in [0.25, 0.3) is 10.9 Å². The van der Waals surface area contributed by atoms with E-state index >= 15 is 0 Å². The standard InChI is InChI=1S/C17H15ClN2O2S/c18-15-7-1-4-13(12-15)9-11-20-23(21,22)16-8-2-5-14-6-3-10-19-17(14)16/h1-8,10,12,20H,9,11H2. The number of benzene rings is 2. The molecule has 0 bridgehead atoms. The molecule has 6 heteroatoms. The summed E-state index contributed by atoms with van der Waals surface area (Å²) < 4.78 is 27.7. The molecule has 3 rings (SSSR count). The Kier molecular flexibility index (Phi) is 4.61. The summed E-state index contributed by atoms with van der Waals surface area (Å²) in [5.41, 5.74) is 1.46. The second-order valence-corrected chi connectivity index (χ2v) is 7.28. The van der Waals surface area contributed by atoms with Crippen molar-refractivity contribution in [2.45, 2.75) is 11.3 Å². The molecule has 3 aromatic rings. The lowest BCUT2D eigenvalue weighted by atomic mass is 10.2. The van der Waals surface area contributed by atoms with Crippen LogP contribution >= 0.6 is 11.6 Å². The molecule has 1 N–H and O–H groups in total. The van der Waals surface area contributed by atoms with E-state index in [2.05, 4.69) is 9.71 Å². The molecule has 4 nitrogen and oxygen atoms in total. The first-order chi connectivity index (χ1) is 11.1. The topological polar surface area (TPSA) is 59.1 Å². The van der Waals surface area contributed by atoms with Gasteiger partial charge in [0.1, 0.15) is 4.90 Å². The molecule has 1 aromatic heterocycles. The number of halogens is 1. The molecule has 0 fully saturated rings. The molecule has 0 atom stereocenters. The van der Waals surface area contributed by atoms with E-state index in [0.717, 1.165) is 10.9 Å². The van der Waals surface area contributed by atoms with Gasteiger partial charge in [-0.1, -0.05) is 41.9 Å². The quantitative estimate of drug-likeness (QED) is 0.770. The molecule has 118 valence electrons. The number of sulfonamides is 1. The van der Waals surface area contributed by atoms with Crippen molar-refractivity contribution in [1.29, 1.82) is 0 Å². The fraction of sp³-hybridized carbons (Fsp3) is 0.118. The summed E-state index contributed by atoms with van der Waals surface area (Å²) in [6.07, 6.45) is 2.16. The number of pyridine rings is 1. The van der Waals surface area contributed by atoms with Crippen LogP contribution in [-0.2, 0) is 16.4 Å². The van der Waals surface area contributed by atoms with Gasteiger partial charge >= 0.3 is 0 Å². The van der Waals surface area contributed by atoms with Crippen LogP contribution in [-0.4, -0.2) is 19.9 Å². The van der Waals surface area contributed by atoms with Crippen molar-refractivity contribution in [2.24, 2.45) is 0 Å². The Morgan fingerprint density at radius 3 is 2.65 bits per heavy atom. The molecule has 0 aliphatic carbocycles. The Morgan fingerprint density at radius 1 is 1.04 bits per heavy atom. The summed E-state index contributed by atoms with van der Waals surface area (Å²) >= 11 is 5.93. The van der Waals surface area contributed by atoms with Gasteiger partial charge in [-0.2, -0.15) is 0 Å². The first kappa shape index (κ1) is 15.9. The van der Waals surface area contributed by atoms with Crippen molar-refractivity contribution >= 4 is 32.5 Å². The second kappa shape index (κ2) is 6.66. The summed E-state index contributed by atoms with van der Waals surface area (Å²) in [5.74, 6) is 0. The highest BCUT2D eigenvalue weighted by atomic mass is 35.5. The number of para-hydroxylation sites is 1. The summed E-state index contributed by atoms with van der Waals surface area (Å²) in [4.78, 5) is 4.38. The maximum absolute atomic E-state index is 12.5. The molecule has 0 saturated heterocycles. The van der Waals surface area contributed by atoms with Gasteiger partial charge in [0.05, 0.1) is 5.52 Å².